The fraction of sp³-hybridized carbons (Fsp3) is 0.214. The average Bonchev–Trinajstić information content (AvgIpc) is 3.31. The standard InChI is InChI=1S/C28H28N2O3/c1-30(20-19-21-11-9-10-16-24(21)32-2)26(31)18-17-25-29-27(22-12-5-3-6-13-22)28(33-25)23-14-7-4-8-15-23/h3-16H,17-20H2,1-2H3. The van der Waals surface area contributed by atoms with E-state index in [1.807, 2.05) is 92.0 Å². The molecule has 33 heavy (non-hydrogen) atoms. The zero-order valence-corrected chi connectivity index (χ0v) is 19.0. The Morgan fingerprint density at radius 1 is 0.879 bits per heavy atom. The molecule has 0 unspecified atom stereocenters. The summed E-state index contributed by atoms with van der Waals surface area (Å²) in [6.07, 6.45) is 1.53. The summed E-state index contributed by atoms with van der Waals surface area (Å²) in [5.41, 5.74) is 3.85. The fourth-order valence-corrected chi connectivity index (χ4v) is 3.78. The quantitative estimate of drug-likeness (QED) is 0.337. The number of ether oxygens (including phenoxy) is 1. The molecule has 0 radical (unpaired) electrons. The highest BCUT2D eigenvalue weighted by molar-refractivity contribution is 5.78. The van der Waals surface area contributed by atoms with Gasteiger partial charge in [-0.25, -0.2) is 4.98 Å². The van der Waals surface area contributed by atoms with Crippen molar-refractivity contribution in [2.45, 2.75) is 19.3 Å². The second-order valence-corrected chi connectivity index (χ2v) is 7.89. The Bertz CT molecular complexity index is 1130. The van der Waals surface area contributed by atoms with Crippen LogP contribution in [0.25, 0.3) is 22.6 Å². The SMILES string of the molecule is COc1ccccc1CCN(C)C(=O)CCc1nc(-c2ccccc2)c(-c2ccccc2)o1. The van der Waals surface area contributed by atoms with Gasteiger partial charge in [0.05, 0.1) is 7.11 Å². The van der Waals surface area contributed by atoms with Crippen LogP contribution in [0.3, 0.4) is 0 Å². The van der Waals surface area contributed by atoms with E-state index in [4.69, 9.17) is 14.1 Å². The van der Waals surface area contributed by atoms with Gasteiger partial charge in [-0.15, -0.1) is 0 Å². The Balaban J connectivity index is 1.43. The van der Waals surface area contributed by atoms with Crippen LogP contribution in [0.1, 0.15) is 17.9 Å². The third-order valence-corrected chi connectivity index (χ3v) is 5.64. The Morgan fingerprint density at radius 3 is 2.21 bits per heavy atom. The van der Waals surface area contributed by atoms with Crippen LogP contribution in [0.5, 0.6) is 5.75 Å². The summed E-state index contributed by atoms with van der Waals surface area (Å²) >= 11 is 0. The predicted molar refractivity (Wildman–Crippen MR) is 130 cm³/mol. The molecular formula is C28H28N2O3. The molecule has 1 aromatic heterocycles. The monoisotopic (exact) mass is 440 g/mol. The normalized spacial score (nSPS) is 10.7. The van der Waals surface area contributed by atoms with Crippen LogP contribution in [0, 0.1) is 0 Å². The van der Waals surface area contributed by atoms with Crippen LogP contribution in [0.15, 0.2) is 89.3 Å². The second kappa shape index (κ2) is 10.6. The molecule has 0 atom stereocenters. The lowest BCUT2D eigenvalue weighted by Crippen LogP contribution is -2.29. The average molecular weight is 441 g/mol. The molecule has 0 aliphatic rings. The minimum absolute atomic E-state index is 0.0608. The number of likely N-dealkylation sites (N-methyl/N-ethyl adjacent to an activating group) is 1. The molecule has 0 bridgehead atoms. The lowest BCUT2D eigenvalue weighted by Gasteiger charge is -2.17. The molecular weight excluding hydrogens is 412 g/mol. The molecule has 4 aromatic rings. The summed E-state index contributed by atoms with van der Waals surface area (Å²) in [6, 6.07) is 27.8. The maximum absolute atomic E-state index is 12.7. The molecule has 0 aliphatic heterocycles. The summed E-state index contributed by atoms with van der Waals surface area (Å²) in [6.45, 7) is 0.620. The van der Waals surface area contributed by atoms with E-state index in [1.54, 1.807) is 12.0 Å². The topological polar surface area (TPSA) is 55.6 Å². The van der Waals surface area contributed by atoms with E-state index in [0.717, 1.165) is 40.3 Å². The number of carbonyl (C=O) groups excluding carboxylic acids is 1. The number of carbonyl (C=O) groups is 1. The van der Waals surface area contributed by atoms with Gasteiger partial charge in [0.15, 0.2) is 11.7 Å². The fourth-order valence-electron chi connectivity index (χ4n) is 3.78. The molecule has 1 amide bonds. The third-order valence-electron chi connectivity index (χ3n) is 5.64. The van der Waals surface area contributed by atoms with Crippen molar-refractivity contribution < 1.29 is 13.9 Å². The van der Waals surface area contributed by atoms with Crippen LogP contribution < -0.4 is 4.74 Å². The molecule has 168 valence electrons. The highest BCUT2D eigenvalue weighted by Crippen LogP contribution is 2.32. The first kappa shape index (κ1) is 22.3. The second-order valence-electron chi connectivity index (χ2n) is 7.89. The van der Waals surface area contributed by atoms with Crippen molar-refractivity contribution in [1.29, 1.82) is 0 Å². The van der Waals surface area contributed by atoms with Crippen molar-refractivity contribution in [1.82, 2.24) is 9.88 Å². The van der Waals surface area contributed by atoms with Crippen LogP contribution in [0.2, 0.25) is 0 Å². The summed E-state index contributed by atoms with van der Waals surface area (Å²) in [5.74, 6) is 2.21. The van der Waals surface area contributed by atoms with Gasteiger partial charge in [-0.3, -0.25) is 4.79 Å². The van der Waals surface area contributed by atoms with Crippen molar-refractivity contribution >= 4 is 5.91 Å². The first-order valence-electron chi connectivity index (χ1n) is 11.1. The number of aromatic nitrogens is 1. The number of amides is 1. The number of rotatable bonds is 9. The number of para-hydroxylation sites is 1. The molecule has 1 heterocycles. The molecule has 0 saturated heterocycles. The minimum atomic E-state index is 0.0608. The van der Waals surface area contributed by atoms with Crippen LogP contribution >= 0.6 is 0 Å². The van der Waals surface area contributed by atoms with Crippen molar-refractivity contribution in [3.8, 4) is 28.3 Å². The van der Waals surface area contributed by atoms with Gasteiger partial charge in [0.2, 0.25) is 5.91 Å². The smallest absolute Gasteiger partial charge is 0.222 e. The van der Waals surface area contributed by atoms with Crippen LogP contribution in [-0.2, 0) is 17.6 Å². The summed E-state index contributed by atoms with van der Waals surface area (Å²) in [7, 11) is 3.50. The minimum Gasteiger partial charge on any atom is -0.496 e. The lowest BCUT2D eigenvalue weighted by atomic mass is 10.1. The third kappa shape index (κ3) is 5.50. The Kier molecular flexibility index (Phi) is 7.20. The van der Waals surface area contributed by atoms with Crippen LogP contribution in [0.4, 0.5) is 0 Å². The van der Waals surface area contributed by atoms with E-state index in [2.05, 4.69) is 0 Å². The van der Waals surface area contributed by atoms with Gasteiger partial charge < -0.3 is 14.1 Å². The maximum atomic E-state index is 12.7. The van der Waals surface area contributed by atoms with E-state index in [1.165, 1.54) is 0 Å². The number of methoxy groups -OCH3 is 1. The van der Waals surface area contributed by atoms with E-state index in [-0.39, 0.29) is 5.91 Å². The van der Waals surface area contributed by atoms with E-state index in [9.17, 15) is 4.79 Å². The highest BCUT2D eigenvalue weighted by Gasteiger charge is 2.18. The summed E-state index contributed by atoms with van der Waals surface area (Å²) in [4.78, 5) is 19.3. The molecule has 5 nitrogen and oxygen atoms in total. The molecule has 0 N–H and O–H groups in total. The van der Waals surface area contributed by atoms with Crippen molar-refractivity contribution in [2.24, 2.45) is 0 Å². The first-order valence-corrected chi connectivity index (χ1v) is 11.1. The molecule has 0 aliphatic carbocycles. The number of oxazole rings is 1. The molecule has 3 aromatic carbocycles. The van der Waals surface area contributed by atoms with Crippen LogP contribution in [-0.4, -0.2) is 36.5 Å². The zero-order valence-electron chi connectivity index (χ0n) is 19.0. The molecule has 0 saturated carbocycles. The molecule has 4 rings (SSSR count). The molecule has 5 heteroatoms. The van der Waals surface area contributed by atoms with Gasteiger partial charge in [0, 0.05) is 37.6 Å². The first-order chi connectivity index (χ1) is 16.2. The van der Waals surface area contributed by atoms with E-state index < -0.39 is 0 Å². The Morgan fingerprint density at radius 2 is 1.52 bits per heavy atom. The van der Waals surface area contributed by atoms with Gasteiger partial charge in [-0.05, 0) is 18.1 Å². The largest absolute Gasteiger partial charge is 0.496 e. The van der Waals surface area contributed by atoms with Gasteiger partial charge >= 0.3 is 0 Å². The molecule has 0 spiro atoms. The van der Waals surface area contributed by atoms with Crippen molar-refractivity contribution in [3.05, 3.63) is 96.4 Å². The number of aryl methyl sites for hydroxylation is 1. The highest BCUT2D eigenvalue weighted by atomic mass is 16.5. The molecule has 0 fully saturated rings. The Labute approximate surface area is 194 Å². The number of benzene rings is 3. The van der Waals surface area contributed by atoms with E-state index in [0.29, 0.717) is 25.3 Å². The predicted octanol–water partition coefficient (Wildman–Crippen LogP) is 5.65. The summed E-state index contributed by atoms with van der Waals surface area (Å²) < 4.78 is 11.6. The van der Waals surface area contributed by atoms with Gasteiger partial charge in [0.25, 0.3) is 0 Å². The van der Waals surface area contributed by atoms with Crippen molar-refractivity contribution in [3.63, 3.8) is 0 Å². The maximum Gasteiger partial charge on any atom is 0.222 e. The van der Waals surface area contributed by atoms with Crippen molar-refractivity contribution in [2.75, 3.05) is 20.7 Å². The lowest BCUT2D eigenvalue weighted by molar-refractivity contribution is -0.129. The summed E-state index contributed by atoms with van der Waals surface area (Å²) in [5, 5.41) is 0. The zero-order chi connectivity index (χ0) is 23.0. The Hall–Kier alpha value is -3.86. The number of hydrogen-bond acceptors (Lipinski definition) is 4. The van der Waals surface area contributed by atoms with Gasteiger partial charge in [0.1, 0.15) is 11.4 Å². The number of nitrogens with zero attached hydrogens (tertiary/aromatic N) is 2. The van der Waals surface area contributed by atoms with Gasteiger partial charge in [-0.1, -0.05) is 78.9 Å². The number of hydrogen-bond donors (Lipinski definition) is 0. The van der Waals surface area contributed by atoms with E-state index >= 15 is 0 Å². The van der Waals surface area contributed by atoms with Gasteiger partial charge in [-0.2, -0.15) is 0 Å².